The fourth-order valence-electron chi connectivity index (χ4n) is 3.44. The number of hydrogen-bond acceptors (Lipinski definition) is 8. The lowest BCUT2D eigenvalue weighted by Crippen LogP contribution is -2.08. The first kappa shape index (κ1) is 22.8. The molecule has 0 radical (unpaired) electrons. The zero-order valence-corrected chi connectivity index (χ0v) is 19.6. The number of benzene rings is 2. The monoisotopic (exact) mass is 449 g/mol. The standard InChI is InChI=1S/C24H23N3O4S/c1-27(2)16-11-21(22-17(28-3)7-14(12-25)8-18(22)29-4)32-24(16)23-19(30-5)9-15(13-26)10-20(23)31-6/h7-11H,1-6H3. The Kier molecular flexibility index (Phi) is 6.77. The molecule has 0 saturated carbocycles. The Morgan fingerprint density at radius 1 is 0.688 bits per heavy atom. The quantitative estimate of drug-likeness (QED) is 0.505. The van der Waals surface area contributed by atoms with Gasteiger partial charge in [-0.3, -0.25) is 0 Å². The Morgan fingerprint density at radius 3 is 1.44 bits per heavy atom. The summed E-state index contributed by atoms with van der Waals surface area (Å²) in [5.41, 5.74) is 3.32. The molecule has 0 aliphatic heterocycles. The molecule has 3 aromatic rings. The summed E-state index contributed by atoms with van der Waals surface area (Å²) >= 11 is 1.51. The number of nitriles is 2. The molecule has 0 fully saturated rings. The van der Waals surface area contributed by atoms with E-state index in [4.69, 9.17) is 18.9 Å². The zero-order valence-electron chi connectivity index (χ0n) is 18.8. The smallest absolute Gasteiger partial charge is 0.132 e. The number of anilines is 1. The highest BCUT2D eigenvalue weighted by Gasteiger charge is 2.25. The van der Waals surface area contributed by atoms with Crippen molar-refractivity contribution in [3.63, 3.8) is 0 Å². The third-order valence-electron chi connectivity index (χ3n) is 4.94. The number of ether oxygens (including phenoxy) is 4. The lowest BCUT2D eigenvalue weighted by molar-refractivity contribution is 0.397. The second-order valence-electron chi connectivity index (χ2n) is 6.95. The van der Waals surface area contributed by atoms with Gasteiger partial charge in [-0.05, 0) is 30.3 Å². The van der Waals surface area contributed by atoms with Gasteiger partial charge in [-0.2, -0.15) is 10.5 Å². The molecular formula is C24H23N3O4S. The predicted molar refractivity (Wildman–Crippen MR) is 125 cm³/mol. The molecule has 0 spiro atoms. The molecule has 0 atom stereocenters. The summed E-state index contributed by atoms with van der Waals surface area (Å²) in [4.78, 5) is 3.78. The van der Waals surface area contributed by atoms with Crippen molar-refractivity contribution in [3.8, 4) is 56.0 Å². The summed E-state index contributed by atoms with van der Waals surface area (Å²) < 4.78 is 22.4. The van der Waals surface area contributed by atoms with Gasteiger partial charge in [-0.15, -0.1) is 11.3 Å². The zero-order chi connectivity index (χ0) is 23.4. The molecule has 0 aliphatic carbocycles. The van der Waals surface area contributed by atoms with Crippen molar-refractivity contribution >= 4 is 17.0 Å². The lowest BCUT2D eigenvalue weighted by atomic mass is 10.0. The first-order valence-electron chi connectivity index (χ1n) is 9.56. The van der Waals surface area contributed by atoms with Crippen LogP contribution in [0.2, 0.25) is 0 Å². The van der Waals surface area contributed by atoms with Gasteiger partial charge in [0.15, 0.2) is 0 Å². The highest BCUT2D eigenvalue weighted by molar-refractivity contribution is 7.19. The Morgan fingerprint density at radius 2 is 1.09 bits per heavy atom. The molecule has 0 amide bonds. The summed E-state index contributed by atoms with van der Waals surface area (Å²) in [6, 6.07) is 13.1. The first-order chi connectivity index (χ1) is 15.4. The molecule has 7 nitrogen and oxygen atoms in total. The Balaban J connectivity index is 2.35. The van der Waals surface area contributed by atoms with Gasteiger partial charge in [-0.25, -0.2) is 0 Å². The summed E-state index contributed by atoms with van der Waals surface area (Å²) in [5.74, 6) is 2.16. The van der Waals surface area contributed by atoms with Crippen LogP contribution >= 0.6 is 11.3 Å². The van der Waals surface area contributed by atoms with Crippen LogP contribution in [0.5, 0.6) is 23.0 Å². The molecule has 2 aromatic carbocycles. The molecule has 32 heavy (non-hydrogen) atoms. The number of hydrogen-bond donors (Lipinski definition) is 0. The van der Waals surface area contributed by atoms with Crippen LogP contribution in [0, 0.1) is 22.7 Å². The van der Waals surface area contributed by atoms with Gasteiger partial charge < -0.3 is 23.8 Å². The average molecular weight is 450 g/mol. The average Bonchev–Trinajstić information content (AvgIpc) is 3.26. The maximum absolute atomic E-state index is 9.38. The molecule has 0 aliphatic rings. The molecular weight excluding hydrogens is 426 g/mol. The SMILES string of the molecule is COc1cc(C#N)cc(OC)c1-c1cc(N(C)C)c(-c2c(OC)cc(C#N)cc2OC)s1. The second-order valence-corrected chi connectivity index (χ2v) is 8.01. The van der Waals surface area contributed by atoms with Gasteiger partial charge in [0.25, 0.3) is 0 Å². The molecule has 1 aromatic heterocycles. The maximum Gasteiger partial charge on any atom is 0.132 e. The van der Waals surface area contributed by atoms with Crippen LogP contribution < -0.4 is 23.8 Å². The molecule has 8 heteroatoms. The molecule has 0 unspecified atom stereocenters. The van der Waals surface area contributed by atoms with E-state index in [-0.39, 0.29) is 0 Å². The Bertz CT molecular complexity index is 1190. The highest BCUT2D eigenvalue weighted by Crippen LogP contribution is 2.52. The third kappa shape index (κ3) is 4.01. The molecule has 3 rings (SSSR count). The minimum atomic E-state index is 0.445. The maximum atomic E-state index is 9.38. The van der Waals surface area contributed by atoms with Crippen molar-refractivity contribution in [1.82, 2.24) is 0 Å². The third-order valence-corrected chi connectivity index (χ3v) is 6.10. The van der Waals surface area contributed by atoms with E-state index >= 15 is 0 Å². The van der Waals surface area contributed by atoms with Crippen molar-refractivity contribution in [3.05, 3.63) is 41.5 Å². The van der Waals surface area contributed by atoms with Crippen LogP contribution in [0.4, 0.5) is 5.69 Å². The predicted octanol–water partition coefficient (Wildman–Crippen LogP) is 4.93. The van der Waals surface area contributed by atoms with Gasteiger partial charge in [0.05, 0.1) is 73.4 Å². The van der Waals surface area contributed by atoms with Crippen molar-refractivity contribution < 1.29 is 18.9 Å². The highest BCUT2D eigenvalue weighted by atomic mass is 32.1. The Labute approximate surface area is 191 Å². The van der Waals surface area contributed by atoms with Crippen LogP contribution in [-0.4, -0.2) is 42.5 Å². The fourth-order valence-corrected chi connectivity index (χ4v) is 4.78. The molecule has 0 N–H and O–H groups in total. The van der Waals surface area contributed by atoms with E-state index in [2.05, 4.69) is 12.1 Å². The van der Waals surface area contributed by atoms with Crippen molar-refractivity contribution in [2.24, 2.45) is 0 Å². The fraction of sp³-hybridized carbons (Fsp3) is 0.250. The number of methoxy groups -OCH3 is 4. The van der Waals surface area contributed by atoms with E-state index in [1.165, 1.54) is 11.3 Å². The van der Waals surface area contributed by atoms with Crippen LogP contribution in [0.15, 0.2) is 30.3 Å². The largest absolute Gasteiger partial charge is 0.496 e. The number of thiophene rings is 1. The molecule has 1 heterocycles. The number of nitrogens with zero attached hydrogens (tertiary/aromatic N) is 3. The van der Waals surface area contributed by atoms with Crippen LogP contribution in [-0.2, 0) is 0 Å². The lowest BCUT2D eigenvalue weighted by Gasteiger charge is -2.17. The van der Waals surface area contributed by atoms with E-state index in [1.54, 1.807) is 52.7 Å². The van der Waals surface area contributed by atoms with Crippen LogP contribution in [0.25, 0.3) is 20.9 Å². The summed E-state index contributed by atoms with van der Waals surface area (Å²) in [6.45, 7) is 0. The van der Waals surface area contributed by atoms with E-state index in [0.717, 1.165) is 26.6 Å². The minimum Gasteiger partial charge on any atom is -0.496 e. The van der Waals surface area contributed by atoms with E-state index in [9.17, 15) is 10.5 Å². The second kappa shape index (κ2) is 9.51. The number of rotatable bonds is 7. The van der Waals surface area contributed by atoms with Crippen LogP contribution in [0.3, 0.4) is 0 Å². The minimum absolute atomic E-state index is 0.445. The van der Waals surface area contributed by atoms with E-state index < -0.39 is 0 Å². The summed E-state index contributed by atoms with van der Waals surface area (Å²) in [6.07, 6.45) is 0. The normalized spacial score (nSPS) is 10.1. The topological polar surface area (TPSA) is 87.7 Å². The van der Waals surface area contributed by atoms with Gasteiger partial charge in [0.2, 0.25) is 0 Å². The van der Waals surface area contributed by atoms with Gasteiger partial charge in [0, 0.05) is 19.0 Å². The van der Waals surface area contributed by atoms with Crippen molar-refractivity contribution in [2.45, 2.75) is 0 Å². The summed E-state index contributed by atoms with van der Waals surface area (Å²) in [5, 5.41) is 18.7. The van der Waals surface area contributed by atoms with E-state index in [1.807, 2.05) is 25.1 Å². The molecule has 0 bridgehead atoms. The molecule has 164 valence electrons. The molecule has 0 saturated heterocycles. The van der Waals surface area contributed by atoms with E-state index in [0.29, 0.717) is 34.1 Å². The first-order valence-corrected chi connectivity index (χ1v) is 10.4. The van der Waals surface area contributed by atoms with Gasteiger partial charge in [-0.1, -0.05) is 0 Å². The van der Waals surface area contributed by atoms with Gasteiger partial charge >= 0.3 is 0 Å². The van der Waals surface area contributed by atoms with Crippen molar-refractivity contribution in [1.29, 1.82) is 10.5 Å². The van der Waals surface area contributed by atoms with Crippen LogP contribution in [0.1, 0.15) is 11.1 Å². The Hall–Kier alpha value is -3.88. The summed E-state index contributed by atoms with van der Waals surface area (Å²) in [7, 11) is 10.2. The van der Waals surface area contributed by atoms with Gasteiger partial charge in [0.1, 0.15) is 23.0 Å². The van der Waals surface area contributed by atoms with Crippen molar-refractivity contribution in [2.75, 3.05) is 47.4 Å².